The van der Waals surface area contributed by atoms with Crippen LogP contribution in [-0.4, -0.2) is 6.04 Å². The van der Waals surface area contributed by atoms with Gasteiger partial charge in [-0.05, 0) is 43.7 Å². The first kappa shape index (κ1) is 15.1. The van der Waals surface area contributed by atoms with Gasteiger partial charge in [-0.2, -0.15) is 0 Å². The Hall–Kier alpha value is -1.33. The van der Waals surface area contributed by atoms with Crippen molar-refractivity contribution in [1.29, 1.82) is 0 Å². The topological polar surface area (TPSA) is 39.2 Å². The van der Waals surface area contributed by atoms with E-state index >= 15 is 0 Å². The summed E-state index contributed by atoms with van der Waals surface area (Å²) in [6.07, 6.45) is 0.717. The third-order valence-corrected chi connectivity index (χ3v) is 4.45. The number of hydrogen-bond acceptors (Lipinski definition) is 3. The molecule has 0 aliphatic rings. The maximum absolute atomic E-state index is 13.8. The van der Waals surface area contributed by atoms with Crippen LogP contribution in [0.15, 0.2) is 39.6 Å². The maximum Gasteiger partial charge on any atom is 0.136 e. The molecule has 5 heteroatoms. The van der Waals surface area contributed by atoms with E-state index in [9.17, 15) is 8.78 Å². The first-order valence-electron chi connectivity index (χ1n) is 6.45. The van der Waals surface area contributed by atoms with Gasteiger partial charge in [0, 0.05) is 10.9 Å². The van der Waals surface area contributed by atoms with Crippen molar-refractivity contribution < 1.29 is 13.2 Å². The molecular weight excluding hydrogens is 280 g/mol. The minimum atomic E-state index is -0.464. The molecule has 0 fully saturated rings. The number of thioether (sulfide) groups is 1. The van der Waals surface area contributed by atoms with Gasteiger partial charge in [0.1, 0.15) is 23.2 Å². The summed E-state index contributed by atoms with van der Waals surface area (Å²) in [5, 5.41) is -0.245. The normalized spacial score (nSPS) is 14.2. The predicted molar refractivity (Wildman–Crippen MR) is 76.7 cm³/mol. The highest BCUT2D eigenvalue weighted by molar-refractivity contribution is 7.99. The van der Waals surface area contributed by atoms with E-state index in [1.807, 2.05) is 26.0 Å². The first-order valence-corrected chi connectivity index (χ1v) is 7.33. The summed E-state index contributed by atoms with van der Waals surface area (Å²) >= 11 is 1.19. The van der Waals surface area contributed by atoms with E-state index in [1.165, 1.54) is 17.8 Å². The van der Waals surface area contributed by atoms with Gasteiger partial charge in [-0.1, -0.05) is 6.92 Å². The van der Waals surface area contributed by atoms with Gasteiger partial charge in [-0.25, -0.2) is 8.78 Å². The monoisotopic (exact) mass is 297 g/mol. The maximum atomic E-state index is 13.8. The number of rotatable bonds is 5. The number of benzene rings is 1. The fourth-order valence-electron chi connectivity index (χ4n) is 1.88. The Morgan fingerprint density at radius 3 is 2.60 bits per heavy atom. The molecule has 2 rings (SSSR count). The lowest BCUT2D eigenvalue weighted by molar-refractivity contribution is 0.454. The van der Waals surface area contributed by atoms with Gasteiger partial charge in [0.25, 0.3) is 0 Å². The second-order valence-corrected chi connectivity index (χ2v) is 5.82. The largest absolute Gasteiger partial charge is 0.465 e. The molecule has 2 unspecified atom stereocenters. The molecule has 0 bridgehead atoms. The summed E-state index contributed by atoms with van der Waals surface area (Å²) in [5.74, 6) is 0.542. The van der Waals surface area contributed by atoms with Crippen molar-refractivity contribution in [3.8, 4) is 0 Å². The molecule has 0 aliphatic heterocycles. The van der Waals surface area contributed by atoms with Crippen LogP contribution in [0.5, 0.6) is 0 Å². The van der Waals surface area contributed by atoms with E-state index in [-0.39, 0.29) is 16.2 Å². The molecule has 108 valence electrons. The van der Waals surface area contributed by atoms with Crippen LogP contribution < -0.4 is 5.73 Å². The van der Waals surface area contributed by atoms with Gasteiger partial charge in [-0.3, -0.25) is 0 Å². The second kappa shape index (κ2) is 6.41. The lowest BCUT2D eigenvalue weighted by Crippen LogP contribution is -2.25. The second-order valence-electron chi connectivity index (χ2n) is 4.63. The van der Waals surface area contributed by atoms with Crippen molar-refractivity contribution in [3.63, 3.8) is 0 Å². The number of nitrogens with two attached hydrogens (primary N) is 1. The van der Waals surface area contributed by atoms with E-state index < -0.39 is 11.6 Å². The molecule has 2 nitrogen and oxygen atoms in total. The smallest absolute Gasteiger partial charge is 0.136 e. The van der Waals surface area contributed by atoms with E-state index in [2.05, 4.69) is 0 Å². The molecule has 0 amide bonds. The fourth-order valence-corrected chi connectivity index (χ4v) is 3.13. The van der Waals surface area contributed by atoms with Crippen molar-refractivity contribution >= 4 is 11.8 Å². The first-order chi connectivity index (χ1) is 9.51. The van der Waals surface area contributed by atoms with Crippen molar-refractivity contribution in [2.45, 2.75) is 36.5 Å². The van der Waals surface area contributed by atoms with Crippen LogP contribution in [0.2, 0.25) is 0 Å². The molecule has 20 heavy (non-hydrogen) atoms. The molecular formula is C15H17F2NOS. The van der Waals surface area contributed by atoms with Crippen LogP contribution in [0.1, 0.15) is 30.1 Å². The Bertz CT molecular complexity index is 585. The molecule has 2 atom stereocenters. The van der Waals surface area contributed by atoms with Crippen LogP contribution in [0.4, 0.5) is 8.78 Å². The highest BCUT2D eigenvalue weighted by Gasteiger charge is 2.24. The van der Waals surface area contributed by atoms with Gasteiger partial charge >= 0.3 is 0 Å². The minimum absolute atomic E-state index is 0.201. The molecule has 2 N–H and O–H groups in total. The van der Waals surface area contributed by atoms with Crippen LogP contribution in [0.3, 0.4) is 0 Å². The minimum Gasteiger partial charge on any atom is -0.465 e. The van der Waals surface area contributed by atoms with Crippen molar-refractivity contribution in [2.24, 2.45) is 5.73 Å². The molecule has 1 aromatic carbocycles. The summed E-state index contributed by atoms with van der Waals surface area (Å²) in [6.45, 7) is 3.79. The lowest BCUT2D eigenvalue weighted by atomic mass is 10.1. The highest BCUT2D eigenvalue weighted by atomic mass is 32.2. The zero-order valence-corrected chi connectivity index (χ0v) is 12.2. The third-order valence-electron chi connectivity index (χ3n) is 3.05. The standard InChI is InChI=1S/C15H17F2NOS/c1-3-12(18)15(13-7-4-9(2)19-13)20-14-8-10(16)5-6-11(14)17/h4-8,12,15H,3,18H2,1-2H3. The van der Waals surface area contributed by atoms with Gasteiger partial charge < -0.3 is 10.2 Å². The van der Waals surface area contributed by atoms with Gasteiger partial charge in [0.15, 0.2) is 0 Å². The zero-order chi connectivity index (χ0) is 14.7. The molecule has 0 saturated heterocycles. The van der Waals surface area contributed by atoms with Crippen molar-refractivity contribution in [1.82, 2.24) is 0 Å². The Morgan fingerprint density at radius 1 is 1.25 bits per heavy atom. The van der Waals surface area contributed by atoms with E-state index in [4.69, 9.17) is 10.2 Å². The van der Waals surface area contributed by atoms with Gasteiger partial charge in [0.2, 0.25) is 0 Å². The molecule has 1 aromatic heterocycles. The van der Waals surface area contributed by atoms with Crippen LogP contribution in [0, 0.1) is 18.6 Å². The third kappa shape index (κ3) is 3.41. The average Bonchev–Trinajstić information content (AvgIpc) is 2.85. The molecule has 2 aromatic rings. The summed E-state index contributed by atoms with van der Waals surface area (Å²) in [6, 6.07) is 6.89. The number of aryl methyl sites for hydroxylation is 1. The zero-order valence-electron chi connectivity index (χ0n) is 11.4. The summed E-state index contributed by atoms with van der Waals surface area (Å²) < 4.78 is 32.6. The van der Waals surface area contributed by atoms with Crippen molar-refractivity contribution in [2.75, 3.05) is 0 Å². The van der Waals surface area contributed by atoms with Crippen molar-refractivity contribution in [3.05, 3.63) is 53.5 Å². The molecule has 0 radical (unpaired) electrons. The van der Waals surface area contributed by atoms with Crippen LogP contribution in [0.25, 0.3) is 0 Å². The molecule has 0 saturated carbocycles. The number of halogens is 2. The van der Waals surface area contributed by atoms with E-state index in [0.717, 1.165) is 17.9 Å². The quantitative estimate of drug-likeness (QED) is 0.829. The summed E-state index contributed by atoms with van der Waals surface area (Å²) in [4.78, 5) is 0.243. The summed E-state index contributed by atoms with van der Waals surface area (Å²) in [7, 11) is 0. The van der Waals surface area contributed by atoms with Crippen LogP contribution >= 0.6 is 11.8 Å². The number of furan rings is 1. The summed E-state index contributed by atoms with van der Waals surface area (Å²) in [5.41, 5.74) is 6.10. The number of hydrogen-bond donors (Lipinski definition) is 1. The Morgan fingerprint density at radius 2 is 2.00 bits per heavy atom. The van der Waals surface area contributed by atoms with Crippen LogP contribution in [-0.2, 0) is 0 Å². The van der Waals surface area contributed by atoms with E-state index in [1.54, 1.807) is 0 Å². The predicted octanol–water partition coefficient (Wildman–Crippen LogP) is 4.44. The highest BCUT2D eigenvalue weighted by Crippen LogP contribution is 2.40. The Kier molecular flexibility index (Phi) is 4.83. The van der Waals surface area contributed by atoms with Gasteiger partial charge in [0.05, 0.1) is 5.25 Å². The lowest BCUT2D eigenvalue weighted by Gasteiger charge is -2.20. The SMILES string of the molecule is CCC(N)C(Sc1cc(F)ccc1F)c1ccc(C)o1. The molecule has 1 heterocycles. The average molecular weight is 297 g/mol. The van der Waals surface area contributed by atoms with Gasteiger partial charge in [-0.15, -0.1) is 11.8 Å². The fraction of sp³-hybridized carbons (Fsp3) is 0.333. The molecule has 0 aliphatic carbocycles. The van der Waals surface area contributed by atoms with E-state index in [0.29, 0.717) is 12.2 Å². The Balaban J connectivity index is 2.30. The Labute approximate surface area is 121 Å². The molecule has 0 spiro atoms.